The highest BCUT2D eigenvalue weighted by Crippen LogP contribution is 2.36. The first-order valence-corrected chi connectivity index (χ1v) is 7.48. The Labute approximate surface area is 130 Å². The molecule has 1 aromatic heterocycles. The summed E-state index contributed by atoms with van der Waals surface area (Å²) >= 11 is 13.6. The molecule has 20 heavy (non-hydrogen) atoms. The van der Waals surface area contributed by atoms with Crippen molar-refractivity contribution in [1.82, 2.24) is 4.98 Å². The van der Waals surface area contributed by atoms with Gasteiger partial charge >= 0.3 is 0 Å². The maximum Gasteiger partial charge on any atom is 0.127 e. The van der Waals surface area contributed by atoms with E-state index in [-0.39, 0.29) is 5.75 Å². The minimum atomic E-state index is 0.214. The van der Waals surface area contributed by atoms with Crippen molar-refractivity contribution in [3.63, 3.8) is 0 Å². The van der Waals surface area contributed by atoms with Crippen molar-refractivity contribution in [2.45, 2.75) is 0 Å². The number of benzene rings is 2. The number of para-hydroxylation sites is 1. The summed E-state index contributed by atoms with van der Waals surface area (Å²) in [6, 6.07) is 12.4. The monoisotopic (exact) mass is 321 g/mol. The lowest BCUT2D eigenvalue weighted by atomic mass is 10.1. The molecule has 0 bridgehead atoms. The average Bonchev–Trinajstić information content (AvgIpc) is 2.91. The second-order valence-electron chi connectivity index (χ2n) is 4.18. The molecule has 0 radical (unpaired) electrons. The second kappa shape index (κ2) is 5.44. The summed E-state index contributed by atoms with van der Waals surface area (Å²) in [7, 11) is 0. The number of hydrogen-bond donors (Lipinski definition) is 1. The minimum Gasteiger partial charge on any atom is -0.507 e. The van der Waals surface area contributed by atoms with Gasteiger partial charge in [0.2, 0.25) is 0 Å². The molecule has 0 fully saturated rings. The predicted molar refractivity (Wildman–Crippen MR) is 84.7 cm³/mol. The van der Waals surface area contributed by atoms with Crippen LogP contribution in [0.4, 0.5) is 0 Å². The summed E-state index contributed by atoms with van der Waals surface area (Å²) in [6.07, 6.45) is 0. The molecule has 0 saturated carbocycles. The largest absolute Gasteiger partial charge is 0.507 e. The second-order valence-corrected chi connectivity index (χ2v) is 5.88. The van der Waals surface area contributed by atoms with Gasteiger partial charge in [-0.25, -0.2) is 4.98 Å². The number of aromatic hydroxyl groups is 1. The highest BCUT2D eigenvalue weighted by molar-refractivity contribution is 7.13. The Bertz CT molecular complexity index is 770. The Morgan fingerprint density at radius 2 is 1.80 bits per heavy atom. The van der Waals surface area contributed by atoms with Crippen LogP contribution in [0.25, 0.3) is 21.8 Å². The van der Waals surface area contributed by atoms with Gasteiger partial charge < -0.3 is 5.11 Å². The van der Waals surface area contributed by atoms with E-state index in [0.29, 0.717) is 15.6 Å². The number of phenols is 1. The zero-order valence-corrected chi connectivity index (χ0v) is 12.5. The number of aromatic nitrogens is 1. The number of rotatable bonds is 2. The molecule has 3 aromatic rings. The first-order valence-electron chi connectivity index (χ1n) is 5.84. The molecular formula is C15H9Cl2NOS. The molecule has 2 aromatic carbocycles. The van der Waals surface area contributed by atoms with Crippen LogP contribution in [0.5, 0.6) is 5.75 Å². The third kappa shape index (κ3) is 2.52. The zero-order valence-electron chi connectivity index (χ0n) is 10.2. The van der Waals surface area contributed by atoms with Gasteiger partial charge in [0.1, 0.15) is 10.8 Å². The van der Waals surface area contributed by atoms with E-state index < -0.39 is 0 Å². The molecule has 0 unspecified atom stereocenters. The topological polar surface area (TPSA) is 33.1 Å². The van der Waals surface area contributed by atoms with Gasteiger partial charge in [-0.2, -0.15) is 0 Å². The van der Waals surface area contributed by atoms with Crippen LogP contribution in [-0.4, -0.2) is 10.1 Å². The highest BCUT2D eigenvalue weighted by atomic mass is 35.5. The summed E-state index contributed by atoms with van der Waals surface area (Å²) in [5, 5.41) is 13.7. The van der Waals surface area contributed by atoms with Crippen molar-refractivity contribution in [1.29, 1.82) is 0 Å². The molecule has 3 rings (SSSR count). The van der Waals surface area contributed by atoms with E-state index in [1.54, 1.807) is 30.3 Å². The summed E-state index contributed by atoms with van der Waals surface area (Å²) in [4.78, 5) is 4.53. The van der Waals surface area contributed by atoms with E-state index in [1.807, 2.05) is 17.5 Å². The molecule has 1 N–H and O–H groups in total. The van der Waals surface area contributed by atoms with E-state index in [9.17, 15) is 5.11 Å². The summed E-state index contributed by atoms with van der Waals surface area (Å²) in [6.45, 7) is 0. The fraction of sp³-hybridized carbons (Fsp3) is 0. The first kappa shape index (κ1) is 13.4. The van der Waals surface area contributed by atoms with Crippen molar-refractivity contribution in [2.75, 3.05) is 0 Å². The van der Waals surface area contributed by atoms with Crippen LogP contribution in [0.2, 0.25) is 10.0 Å². The summed E-state index contributed by atoms with van der Waals surface area (Å²) in [5.41, 5.74) is 2.25. The van der Waals surface area contributed by atoms with Gasteiger partial charge in [-0.3, -0.25) is 0 Å². The van der Waals surface area contributed by atoms with Crippen molar-refractivity contribution in [3.8, 4) is 27.6 Å². The molecule has 1 heterocycles. The molecule has 0 saturated heterocycles. The standard InChI is InChI=1S/C15H9Cl2NOS/c16-9-5-6-12(17)11(7-9)13-8-20-15(18-13)10-3-1-2-4-14(10)19/h1-8,19H. The van der Waals surface area contributed by atoms with Gasteiger partial charge in [0.25, 0.3) is 0 Å². The van der Waals surface area contributed by atoms with E-state index in [2.05, 4.69) is 4.98 Å². The van der Waals surface area contributed by atoms with Crippen LogP contribution in [0.3, 0.4) is 0 Å². The third-order valence-electron chi connectivity index (χ3n) is 2.84. The van der Waals surface area contributed by atoms with Crippen molar-refractivity contribution in [2.24, 2.45) is 0 Å². The highest BCUT2D eigenvalue weighted by Gasteiger charge is 2.12. The molecular weight excluding hydrogens is 313 g/mol. The van der Waals surface area contributed by atoms with Gasteiger partial charge in [0.05, 0.1) is 16.3 Å². The number of halogens is 2. The van der Waals surface area contributed by atoms with Crippen LogP contribution in [0.1, 0.15) is 0 Å². The Morgan fingerprint density at radius 3 is 2.60 bits per heavy atom. The maximum absolute atomic E-state index is 9.86. The number of nitrogens with zero attached hydrogens (tertiary/aromatic N) is 1. The lowest BCUT2D eigenvalue weighted by molar-refractivity contribution is 0.477. The molecule has 0 aliphatic rings. The Balaban J connectivity index is 2.07. The fourth-order valence-corrected chi connectivity index (χ4v) is 3.11. The quantitative estimate of drug-likeness (QED) is 0.677. The molecule has 0 amide bonds. The number of thiazole rings is 1. The minimum absolute atomic E-state index is 0.214. The molecule has 0 aliphatic carbocycles. The molecule has 100 valence electrons. The SMILES string of the molecule is Oc1ccccc1-c1nc(-c2cc(Cl)ccc2Cl)cs1. The first-order chi connectivity index (χ1) is 9.65. The molecule has 0 aliphatic heterocycles. The molecule has 5 heteroatoms. The smallest absolute Gasteiger partial charge is 0.127 e. The van der Waals surface area contributed by atoms with E-state index in [4.69, 9.17) is 23.2 Å². The third-order valence-corrected chi connectivity index (χ3v) is 4.28. The van der Waals surface area contributed by atoms with Gasteiger partial charge in [-0.05, 0) is 30.3 Å². The van der Waals surface area contributed by atoms with Crippen molar-refractivity contribution in [3.05, 3.63) is 57.9 Å². The lowest BCUT2D eigenvalue weighted by Gasteiger charge is -2.02. The van der Waals surface area contributed by atoms with Crippen molar-refractivity contribution >= 4 is 34.5 Å². The zero-order chi connectivity index (χ0) is 14.1. The Kier molecular flexibility index (Phi) is 3.66. The molecule has 2 nitrogen and oxygen atoms in total. The fourth-order valence-electron chi connectivity index (χ4n) is 1.87. The van der Waals surface area contributed by atoms with Crippen LogP contribution < -0.4 is 0 Å². The Hall–Kier alpha value is -1.55. The van der Waals surface area contributed by atoms with Gasteiger partial charge in [-0.15, -0.1) is 11.3 Å². The average molecular weight is 322 g/mol. The van der Waals surface area contributed by atoms with Gasteiger partial charge in [0, 0.05) is 16.0 Å². The molecule has 0 atom stereocenters. The normalized spacial score (nSPS) is 10.7. The predicted octanol–water partition coefficient (Wildman–Crippen LogP) is 5.49. The number of hydrogen-bond acceptors (Lipinski definition) is 3. The number of phenolic OH excluding ortho intramolecular Hbond substituents is 1. The van der Waals surface area contributed by atoms with Gasteiger partial charge in [-0.1, -0.05) is 35.3 Å². The lowest BCUT2D eigenvalue weighted by Crippen LogP contribution is -1.82. The molecule has 0 spiro atoms. The van der Waals surface area contributed by atoms with E-state index in [0.717, 1.165) is 16.3 Å². The van der Waals surface area contributed by atoms with E-state index in [1.165, 1.54) is 11.3 Å². The summed E-state index contributed by atoms with van der Waals surface area (Å²) < 4.78 is 0. The van der Waals surface area contributed by atoms with E-state index >= 15 is 0 Å². The van der Waals surface area contributed by atoms with Crippen LogP contribution in [0, 0.1) is 0 Å². The van der Waals surface area contributed by atoms with Crippen LogP contribution in [-0.2, 0) is 0 Å². The maximum atomic E-state index is 9.86. The summed E-state index contributed by atoms with van der Waals surface area (Å²) in [5.74, 6) is 0.214. The van der Waals surface area contributed by atoms with Crippen LogP contribution in [0.15, 0.2) is 47.8 Å². The van der Waals surface area contributed by atoms with Gasteiger partial charge in [0.15, 0.2) is 0 Å². The Morgan fingerprint density at radius 1 is 1.00 bits per heavy atom. The van der Waals surface area contributed by atoms with Crippen molar-refractivity contribution < 1.29 is 5.11 Å². The van der Waals surface area contributed by atoms with Crippen LogP contribution >= 0.6 is 34.5 Å².